The molecule has 2 aromatic rings. The van der Waals surface area contributed by atoms with Gasteiger partial charge >= 0.3 is 6.03 Å². The van der Waals surface area contributed by atoms with Crippen LogP contribution >= 0.6 is 0 Å². The first kappa shape index (κ1) is 15.0. The molecule has 110 valence electrons. The van der Waals surface area contributed by atoms with Gasteiger partial charge in [-0.1, -0.05) is 42.5 Å². The fourth-order valence-corrected chi connectivity index (χ4v) is 2.02. The van der Waals surface area contributed by atoms with Crippen LogP contribution in [-0.2, 0) is 6.54 Å². The Balaban J connectivity index is 2.11. The molecule has 1 N–H and O–H groups in total. The molecule has 2 rings (SSSR count). The number of nitrogens with zero attached hydrogens (tertiary/aromatic N) is 1. The van der Waals surface area contributed by atoms with Crippen LogP contribution in [0.5, 0.6) is 0 Å². The highest BCUT2D eigenvalue weighted by Crippen LogP contribution is 2.15. The lowest BCUT2D eigenvalue weighted by atomic mass is 10.2. The van der Waals surface area contributed by atoms with E-state index in [1.165, 1.54) is 6.07 Å². The molecule has 0 saturated heterocycles. The van der Waals surface area contributed by atoms with Crippen molar-refractivity contribution in [2.75, 3.05) is 5.32 Å². The van der Waals surface area contributed by atoms with Gasteiger partial charge in [-0.05, 0) is 31.5 Å². The number of rotatable bonds is 4. The number of nitrogens with one attached hydrogen (secondary N) is 1. The Morgan fingerprint density at radius 1 is 1.10 bits per heavy atom. The van der Waals surface area contributed by atoms with Gasteiger partial charge in [-0.3, -0.25) is 0 Å². The highest BCUT2D eigenvalue weighted by Gasteiger charge is 2.18. The summed E-state index contributed by atoms with van der Waals surface area (Å²) in [7, 11) is 0. The van der Waals surface area contributed by atoms with E-state index < -0.39 is 5.82 Å². The van der Waals surface area contributed by atoms with Crippen molar-refractivity contribution in [1.29, 1.82) is 0 Å². The second-order valence-electron chi connectivity index (χ2n) is 5.12. The highest BCUT2D eigenvalue weighted by molar-refractivity contribution is 5.89. The maximum atomic E-state index is 13.6. The summed E-state index contributed by atoms with van der Waals surface area (Å²) in [5, 5.41) is 2.62. The number of para-hydroxylation sites is 1. The molecule has 0 aromatic heterocycles. The zero-order chi connectivity index (χ0) is 15.2. The summed E-state index contributed by atoms with van der Waals surface area (Å²) < 4.78 is 13.6. The molecule has 0 fully saturated rings. The van der Waals surface area contributed by atoms with Gasteiger partial charge < -0.3 is 10.2 Å². The molecule has 0 bridgehead atoms. The minimum absolute atomic E-state index is 0.0111. The highest BCUT2D eigenvalue weighted by atomic mass is 19.1. The topological polar surface area (TPSA) is 32.3 Å². The molecular formula is C17H19FN2O. The standard InChI is InChI=1S/C17H19FN2O/c1-13(2)20(12-14-8-4-3-5-9-14)17(21)19-16-11-7-6-10-15(16)18/h3-11,13H,12H2,1-2H3,(H,19,21). The van der Waals surface area contributed by atoms with Crippen molar-refractivity contribution in [3.63, 3.8) is 0 Å². The van der Waals surface area contributed by atoms with Crippen molar-refractivity contribution in [2.24, 2.45) is 0 Å². The van der Waals surface area contributed by atoms with E-state index in [2.05, 4.69) is 5.32 Å². The predicted octanol–water partition coefficient (Wildman–Crippen LogP) is 4.27. The van der Waals surface area contributed by atoms with Gasteiger partial charge in [0.2, 0.25) is 0 Å². The largest absolute Gasteiger partial charge is 0.322 e. The molecule has 3 nitrogen and oxygen atoms in total. The second-order valence-corrected chi connectivity index (χ2v) is 5.12. The maximum Gasteiger partial charge on any atom is 0.322 e. The van der Waals surface area contributed by atoms with Crippen LogP contribution in [0.1, 0.15) is 19.4 Å². The van der Waals surface area contributed by atoms with Gasteiger partial charge in [-0.2, -0.15) is 0 Å². The number of anilines is 1. The molecule has 0 atom stereocenters. The number of carbonyl (C=O) groups excluding carboxylic acids is 1. The van der Waals surface area contributed by atoms with Crippen molar-refractivity contribution >= 4 is 11.7 Å². The molecule has 0 aliphatic rings. The Hall–Kier alpha value is -2.36. The third-order valence-corrected chi connectivity index (χ3v) is 3.20. The van der Waals surface area contributed by atoms with Crippen LogP contribution in [-0.4, -0.2) is 17.0 Å². The minimum atomic E-state index is -0.436. The van der Waals surface area contributed by atoms with E-state index in [1.54, 1.807) is 23.1 Å². The molecule has 0 unspecified atom stereocenters. The van der Waals surface area contributed by atoms with E-state index in [4.69, 9.17) is 0 Å². The van der Waals surface area contributed by atoms with Crippen molar-refractivity contribution in [3.8, 4) is 0 Å². The molecule has 21 heavy (non-hydrogen) atoms. The van der Waals surface area contributed by atoms with Crippen LogP contribution in [0.15, 0.2) is 54.6 Å². The Morgan fingerprint density at radius 3 is 2.33 bits per heavy atom. The van der Waals surface area contributed by atoms with Crippen LogP contribution in [0, 0.1) is 5.82 Å². The minimum Gasteiger partial charge on any atom is -0.318 e. The van der Waals surface area contributed by atoms with Gasteiger partial charge in [-0.15, -0.1) is 0 Å². The van der Waals surface area contributed by atoms with Crippen molar-refractivity contribution in [2.45, 2.75) is 26.4 Å². The molecule has 2 amide bonds. The summed E-state index contributed by atoms with van der Waals surface area (Å²) in [6.45, 7) is 4.35. The van der Waals surface area contributed by atoms with E-state index in [-0.39, 0.29) is 17.8 Å². The first-order chi connectivity index (χ1) is 10.1. The number of carbonyl (C=O) groups is 1. The third kappa shape index (κ3) is 4.05. The second kappa shape index (κ2) is 6.88. The average molecular weight is 286 g/mol. The van der Waals surface area contributed by atoms with E-state index in [0.717, 1.165) is 5.56 Å². The molecule has 0 saturated carbocycles. The zero-order valence-electron chi connectivity index (χ0n) is 12.2. The predicted molar refractivity (Wildman–Crippen MR) is 82.5 cm³/mol. The lowest BCUT2D eigenvalue weighted by Crippen LogP contribution is -2.39. The van der Waals surface area contributed by atoms with Gasteiger partial charge in [0.1, 0.15) is 5.82 Å². The number of amides is 2. The molecule has 2 aromatic carbocycles. The first-order valence-corrected chi connectivity index (χ1v) is 6.94. The normalized spacial score (nSPS) is 10.5. The maximum absolute atomic E-state index is 13.6. The fourth-order valence-electron chi connectivity index (χ4n) is 2.02. The van der Waals surface area contributed by atoms with Gasteiger partial charge in [-0.25, -0.2) is 9.18 Å². The van der Waals surface area contributed by atoms with Crippen LogP contribution < -0.4 is 5.32 Å². The van der Waals surface area contributed by atoms with E-state index in [9.17, 15) is 9.18 Å². The Bertz CT molecular complexity index is 599. The quantitative estimate of drug-likeness (QED) is 0.894. The Morgan fingerprint density at radius 2 is 1.71 bits per heavy atom. The number of hydrogen-bond donors (Lipinski definition) is 1. The van der Waals surface area contributed by atoms with Crippen LogP contribution in [0.4, 0.5) is 14.9 Å². The summed E-state index contributed by atoms with van der Waals surface area (Å²) in [4.78, 5) is 14.0. The molecule has 0 spiro atoms. The average Bonchev–Trinajstić information content (AvgIpc) is 2.48. The van der Waals surface area contributed by atoms with Crippen LogP contribution in [0.25, 0.3) is 0 Å². The molecule has 4 heteroatoms. The van der Waals surface area contributed by atoms with E-state index in [0.29, 0.717) is 6.54 Å². The van der Waals surface area contributed by atoms with Crippen molar-refractivity contribution in [3.05, 3.63) is 66.0 Å². The zero-order valence-corrected chi connectivity index (χ0v) is 12.2. The van der Waals surface area contributed by atoms with Gasteiger partial charge in [0.15, 0.2) is 0 Å². The molecular weight excluding hydrogens is 267 g/mol. The molecule has 0 heterocycles. The number of hydrogen-bond acceptors (Lipinski definition) is 1. The Labute approximate surface area is 124 Å². The fraction of sp³-hybridized carbons (Fsp3) is 0.235. The SMILES string of the molecule is CC(C)N(Cc1ccccc1)C(=O)Nc1ccccc1F. The van der Waals surface area contributed by atoms with Gasteiger partial charge in [0.25, 0.3) is 0 Å². The Kier molecular flexibility index (Phi) is 4.93. The van der Waals surface area contributed by atoms with Crippen LogP contribution in [0.2, 0.25) is 0 Å². The smallest absolute Gasteiger partial charge is 0.318 e. The van der Waals surface area contributed by atoms with Crippen molar-refractivity contribution < 1.29 is 9.18 Å². The van der Waals surface area contributed by atoms with E-state index in [1.807, 2.05) is 44.2 Å². The summed E-state index contributed by atoms with van der Waals surface area (Å²) in [6, 6.07) is 15.6. The summed E-state index contributed by atoms with van der Waals surface area (Å²) in [5.41, 5.74) is 1.23. The molecule has 0 aliphatic heterocycles. The van der Waals surface area contributed by atoms with Crippen LogP contribution in [0.3, 0.4) is 0 Å². The number of urea groups is 1. The number of halogens is 1. The lowest BCUT2D eigenvalue weighted by Gasteiger charge is -2.27. The number of benzene rings is 2. The van der Waals surface area contributed by atoms with E-state index >= 15 is 0 Å². The van der Waals surface area contributed by atoms with Gasteiger partial charge in [0, 0.05) is 12.6 Å². The molecule has 0 radical (unpaired) electrons. The summed E-state index contributed by atoms with van der Waals surface area (Å²) >= 11 is 0. The summed E-state index contributed by atoms with van der Waals surface area (Å²) in [6.07, 6.45) is 0. The third-order valence-electron chi connectivity index (χ3n) is 3.20. The lowest BCUT2D eigenvalue weighted by molar-refractivity contribution is 0.193. The monoisotopic (exact) mass is 286 g/mol. The summed E-state index contributed by atoms with van der Waals surface area (Å²) in [5.74, 6) is -0.436. The van der Waals surface area contributed by atoms with Crippen molar-refractivity contribution in [1.82, 2.24) is 4.90 Å². The van der Waals surface area contributed by atoms with Gasteiger partial charge in [0.05, 0.1) is 5.69 Å². The molecule has 0 aliphatic carbocycles. The first-order valence-electron chi connectivity index (χ1n) is 6.94.